The molecule has 0 spiro atoms. The summed E-state index contributed by atoms with van der Waals surface area (Å²) < 4.78 is 4.33. The van der Waals surface area contributed by atoms with Crippen LogP contribution in [-0.4, -0.2) is 50.8 Å². The number of aryl methyl sites for hydroxylation is 2. The van der Waals surface area contributed by atoms with Gasteiger partial charge in [-0.25, -0.2) is 4.79 Å². The van der Waals surface area contributed by atoms with Gasteiger partial charge in [-0.1, -0.05) is 23.7 Å². The molecule has 9 heteroatoms. The maximum absolute atomic E-state index is 13.0. The highest BCUT2D eigenvalue weighted by Gasteiger charge is 2.18. The highest BCUT2D eigenvalue weighted by Crippen LogP contribution is 2.14. The van der Waals surface area contributed by atoms with Gasteiger partial charge in [0.05, 0.1) is 6.54 Å². The minimum Gasteiger partial charge on any atom is -0.354 e. The molecule has 1 aromatic carbocycles. The number of nitrogens with one attached hydrogen (secondary N) is 1. The van der Waals surface area contributed by atoms with Crippen LogP contribution in [0.2, 0.25) is 5.02 Å². The van der Waals surface area contributed by atoms with Gasteiger partial charge in [-0.2, -0.15) is 4.98 Å². The molecule has 0 fully saturated rings. The lowest BCUT2D eigenvalue weighted by Gasteiger charge is -2.11. The Morgan fingerprint density at radius 1 is 1.11 bits per heavy atom. The maximum Gasteiger partial charge on any atom is 0.332 e. The molecule has 2 aromatic heterocycles. The lowest BCUT2D eigenvalue weighted by molar-refractivity contribution is 0.424. The zero-order valence-electron chi connectivity index (χ0n) is 15.9. The molecule has 8 nitrogen and oxygen atoms in total. The van der Waals surface area contributed by atoms with Crippen molar-refractivity contribution < 1.29 is 0 Å². The fraction of sp³-hybridized carbons (Fsp3) is 0.389. The third-order valence-corrected chi connectivity index (χ3v) is 4.71. The molecule has 0 atom stereocenters. The number of anilines is 1. The highest BCUT2D eigenvalue weighted by atomic mass is 35.5. The molecule has 27 heavy (non-hydrogen) atoms. The number of hydrogen-bond donors (Lipinski definition) is 1. The van der Waals surface area contributed by atoms with Crippen LogP contribution >= 0.6 is 11.6 Å². The summed E-state index contributed by atoms with van der Waals surface area (Å²) >= 11 is 5.91. The van der Waals surface area contributed by atoms with Crippen LogP contribution in [-0.2, 0) is 20.6 Å². The lowest BCUT2D eigenvalue weighted by atomic mass is 10.2. The summed E-state index contributed by atoms with van der Waals surface area (Å²) in [6.07, 6.45) is 0. The zero-order valence-corrected chi connectivity index (χ0v) is 16.6. The standard InChI is InChI=1S/C18H23ClN6O2/c1-22(2)10-9-20-17-21-15-14(23(17)3)16(26)25(18(27)24(15)4)11-12-5-7-13(19)8-6-12/h5-8H,9-11H2,1-4H3,(H,20,21). The second-order valence-electron chi connectivity index (χ2n) is 6.76. The second-order valence-corrected chi connectivity index (χ2v) is 7.19. The van der Waals surface area contributed by atoms with Crippen molar-refractivity contribution >= 4 is 28.7 Å². The summed E-state index contributed by atoms with van der Waals surface area (Å²) in [6.45, 7) is 1.67. The van der Waals surface area contributed by atoms with Gasteiger partial charge in [-0.15, -0.1) is 0 Å². The molecule has 0 aliphatic carbocycles. The third kappa shape index (κ3) is 3.77. The molecule has 0 aliphatic rings. The Labute approximate surface area is 161 Å². The molecule has 0 radical (unpaired) electrons. The fourth-order valence-electron chi connectivity index (χ4n) is 2.90. The smallest absolute Gasteiger partial charge is 0.332 e. The van der Waals surface area contributed by atoms with Gasteiger partial charge in [0.2, 0.25) is 5.95 Å². The first-order valence-electron chi connectivity index (χ1n) is 8.59. The second kappa shape index (κ2) is 7.58. The number of benzene rings is 1. The van der Waals surface area contributed by atoms with E-state index in [1.165, 1.54) is 9.13 Å². The van der Waals surface area contributed by atoms with E-state index in [1.807, 2.05) is 19.0 Å². The van der Waals surface area contributed by atoms with Crippen LogP contribution in [0.15, 0.2) is 33.9 Å². The van der Waals surface area contributed by atoms with E-state index < -0.39 is 5.69 Å². The van der Waals surface area contributed by atoms with E-state index in [1.54, 1.807) is 42.9 Å². The Bertz CT molecular complexity index is 1080. The average molecular weight is 391 g/mol. The molecule has 144 valence electrons. The fourth-order valence-corrected chi connectivity index (χ4v) is 3.03. The average Bonchev–Trinajstić information content (AvgIpc) is 2.95. The van der Waals surface area contributed by atoms with Crippen LogP contribution in [0.25, 0.3) is 11.2 Å². The number of hydrogen-bond acceptors (Lipinski definition) is 5. The van der Waals surface area contributed by atoms with E-state index in [2.05, 4.69) is 10.3 Å². The molecule has 2 heterocycles. The first-order valence-corrected chi connectivity index (χ1v) is 8.96. The van der Waals surface area contributed by atoms with E-state index >= 15 is 0 Å². The summed E-state index contributed by atoms with van der Waals surface area (Å²) in [5.41, 5.74) is 0.814. The molecule has 0 amide bonds. The maximum atomic E-state index is 13.0. The number of nitrogens with zero attached hydrogens (tertiary/aromatic N) is 5. The first-order chi connectivity index (χ1) is 12.8. The molecule has 0 saturated heterocycles. The summed E-state index contributed by atoms with van der Waals surface area (Å²) in [5, 5.41) is 3.82. The Morgan fingerprint density at radius 2 is 1.78 bits per heavy atom. The van der Waals surface area contributed by atoms with Crippen molar-refractivity contribution in [3.05, 3.63) is 55.7 Å². The number of halogens is 1. The molecule has 0 unspecified atom stereocenters. The van der Waals surface area contributed by atoms with Crippen molar-refractivity contribution in [2.24, 2.45) is 14.1 Å². The van der Waals surface area contributed by atoms with Crippen molar-refractivity contribution in [1.82, 2.24) is 23.6 Å². The summed E-state index contributed by atoms with van der Waals surface area (Å²) in [4.78, 5) is 32.2. The van der Waals surface area contributed by atoms with E-state index in [4.69, 9.17) is 11.6 Å². The first kappa shape index (κ1) is 19.2. The highest BCUT2D eigenvalue weighted by molar-refractivity contribution is 6.30. The van der Waals surface area contributed by atoms with Crippen molar-refractivity contribution in [2.75, 3.05) is 32.5 Å². The van der Waals surface area contributed by atoms with Gasteiger partial charge in [0.15, 0.2) is 11.2 Å². The van der Waals surface area contributed by atoms with Crippen molar-refractivity contribution in [3.8, 4) is 0 Å². The van der Waals surface area contributed by atoms with Gasteiger partial charge in [0, 0.05) is 32.2 Å². The summed E-state index contributed by atoms with van der Waals surface area (Å²) in [6, 6.07) is 7.08. The lowest BCUT2D eigenvalue weighted by Crippen LogP contribution is -2.39. The van der Waals surface area contributed by atoms with Gasteiger partial charge >= 0.3 is 5.69 Å². The molecule has 0 aliphatic heterocycles. The minimum atomic E-state index is -0.402. The van der Waals surface area contributed by atoms with E-state index in [0.29, 0.717) is 28.7 Å². The molecule has 1 N–H and O–H groups in total. The summed E-state index contributed by atoms with van der Waals surface area (Å²) in [5.74, 6) is 0.559. The number of aromatic nitrogens is 4. The molecular formula is C18H23ClN6O2. The van der Waals surface area contributed by atoms with Crippen molar-refractivity contribution in [3.63, 3.8) is 0 Å². The monoisotopic (exact) mass is 390 g/mol. The topological polar surface area (TPSA) is 77.1 Å². The number of likely N-dealkylation sites (N-methyl/N-ethyl adjacent to an activating group) is 1. The zero-order chi connectivity index (χ0) is 19.7. The van der Waals surface area contributed by atoms with E-state index in [0.717, 1.165) is 12.1 Å². The van der Waals surface area contributed by atoms with E-state index in [9.17, 15) is 9.59 Å². The molecule has 0 bridgehead atoms. The van der Waals surface area contributed by atoms with Crippen molar-refractivity contribution in [2.45, 2.75) is 6.54 Å². The SMILES string of the molecule is CN(C)CCNc1nc2c(c(=O)n(Cc3ccc(Cl)cc3)c(=O)n2C)n1C. The number of imidazole rings is 1. The molecule has 0 saturated carbocycles. The van der Waals surface area contributed by atoms with Crippen LogP contribution in [0.3, 0.4) is 0 Å². The van der Waals surface area contributed by atoms with Crippen LogP contribution < -0.4 is 16.6 Å². The quantitative estimate of drug-likeness (QED) is 0.682. The molecule has 3 rings (SSSR count). The number of rotatable bonds is 6. The Hall–Kier alpha value is -2.58. The van der Waals surface area contributed by atoms with Crippen LogP contribution in [0.1, 0.15) is 5.56 Å². The van der Waals surface area contributed by atoms with Crippen LogP contribution in [0, 0.1) is 0 Å². The predicted octanol–water partition coefficient (Wildman–Crippen LogP) is 1.11. The normalized spacial score (nSPS) is 11.5. The molecule has 3 aromatic rings. The van der Waals surface area contributed by atoms with Crippen molar-refractivity contribution in [1.29, 1.82) is 0 Å². The van der Waals surface area contributed by atoms with Gasteiger partial charge in [-0.05, 0) is 31.8 Å². The Balaban J connectivity index is 2.06. The Kier molecular flexibility index (Phi) is 5.38. The van der Waals surface area contributed by atoms with Gasteiger partial charge in [0.25, 0.3) is 5.56 Å². The van der Waals surface area contributed by atoms with Crippen LogP contribution in [0.5, 0.6) is 0 Å². The van der Waals surface area contributed by atoms with Crippen LogP contribution in [0.4, 0.5) is 5.95 Å². The number of fused-ring (bicyclic) bond motifs is 1. The third-order valence-electron chi connectivity index (χ3n) is 4.46. The van der Waals surface area contributed by atoms with Gasteiger partial charge < -0.3 is 14.8 Å². The van der Waals surface area contributed by atoms with E-state index in [-0.39, 0.29) is 12.1 Å². The minimum absolute atomic E-state index is 0.174. The molecular weight excluding hydrogens is 368 g/mol. The Morgan fingerprint density at radius 3 is 2.41 bits per heavy atom. The van der Waals surface area contributed by atoms with Gasteiger partial charge in [0.1, 0.15) is 0 Å². The largest absolute Gasteiger partial charge is 0.354 e. The predicted molar refractivity (Wildman–Crippen MR) is 108 cm³/mol. The summed E-state index contributed by atoms with van der Waals surface area (Å²) in [7, 11) is 7.36. The van der Waals surface area contributed by atoms with Gasteiger partial charge in [-0.3, -0.25) is 13.9 Å².